The zero-order chi connectivity index (χ0) is 17.6. The van der Waals surface area contributed by atoms with Crippen molar-refractivity contribution >= 4 is 35.6 Å². The van der Waals surface area contributed by atoms with Crippen molar-refractivity contribution in [3.05, 3.63) is 29.8 Å². The standard InChI is InChI=1S/C17H24N6O2.HI/c1-24-13-8-7-12(10-14(13)25-2)20-17(18)19-11-16-22-21-15-6-4-3-5-9-23(15)16;/h7-8,10H,3-6,9,11H2,1-2H3,(H3,18,19,20);1H. The molecule has 0 bridgehead atoms. The summed E-state index contributed by atoms with van der Waals surface area (Å²) in [5.41, 5.74) is 6.78. The molecule has 26 heavy (non-hydrogen) atoms. The first-order chi connectivity index (χ1) is 12.2. The minimum absolute atomic E-state index is 0. The van der Waals surface area contributed by atoms with Crippen molar-refractivity contribution in [2.45, 2.75) is 38.8 Å². The molecular formula is C17H25IN6O2. The first kappa shape index (κ1) is 20.3. The Hall–Kier alpha value is -2.04. The summed E-state index contributed by atoms with van der Waals surface area (Å²) in [6.07, 6.45) is 4.54. The predicted octanol–water partition coefficient (Wildman–Crippen LogP) is 2.57. The number of rotatable bonds is 5. The van der Waals surface area contributed by atoms with Gasteiger partial charge in [0.2, 0.25) is 0 Å². The smallest absolute Gasteiger partial charge is 0.193 e. The number of aromatic nitrogens is 3. The summed E-state index contributed by atoms with van der Waals surface area (Å²) >= 11 is 0. The van der Waals surface area contributed by atoms with Gasteiger partial charge >= 0.3 is 0 Å². The van der Waals surface area contributed by atoms with Crippen LogP contribution in [0.4, 0.5) is 5.69 Å². The van der Waals surface area contributed by atoms with E-state index < -0.39 is 0 Å². The number of benzene rings is 1. The van der Waals surface area contributed by atoms with Crippen LogP contribution in [-0.2, 0) is 19.5 Å². The highest BCUT2D eigenvalue weighted by molar-refractivity contribution is 14.0. The van der Waals surface area contributed by atoms with Gasteiger partial charge in [-0.3, -0.25) is 0 Å². The van der Waals surface area contributed by atoms with Gasteiger partial charge in [0.05, 0.1) is 14.2 Å². The maximum atomic E-state index is 6.00. The number of aryl methyl sites for hydroxylation is 1. The monoisotopic (exact) mass is 472 g/mol. The molecule has 0 amide bonds. The molecule has 0 aliphatic carbocycles. The zero-order valence-corrected chi connectivity index (χ0v) is 17.4. The van der Waals surface area contributed by atoms with Gasteiger partial charge in [0, 0.05) is 24.7 Å². The summed E-state index contributed by atoms with van der Waals surface area (Å²) in [4.78, 5) is 4.39. The fourth-order valence-electron chi connectivity index (χ4n) is 2.92. The third kappa shape index (κ3) is 4.77. The lowest BCUT2D eigenvalue weighted by Gasteiger charge is -2.11. The van der Waals surface area contributed by atoms with Crippen molar-refractivity contribution in [2.24, 2.45) is 10.7 Å². The van der Waals surface area contributed by atoms with Crippen molar-refractivity contribution in [1.29, 1.82) is 0 Å². The average molecular weight is 472 g/mol. The fraction of sp³-hybridized carbons (Fsp3) is 0.471. The van der Waals surface area contributed by atoms with Crippen LogP contribution in [0, 0.1) is 0 Å². The number of hydrogen-bond acceptors (Lipinski definition) is 5. The molecule has 0 spiro atoms. The highest BCUT2D eigenvalue weighted by Crippen LogP contribution is 2.29. The molecule has 0 radical (unpaired) electrons. The van der Waals surface area contributed by atoms with Crippen LogP contribution in [0.25, 0.3) is 0 Å². The van der Waals surface area contributed by atoms with Crippen LogP contribution in [-0.4, -0.2) is 34.9 Å². The van der Waals surface area contributed by atoms with Crippen molar-refractivity contribution in [3.63, 3.8) is 0 Å². The minimum atomic E-state index is 0. The lowest BCUT2D eigenvalue weighted by Crippen LogP contribution is -2.23. The lowest BCUT2D eigenvalue weighted by molar-refractivity contribution is 0.355. The number of nitrogens with zero attached hydrogens (tertiary/aromatic N) is 4. The van der Waals surface area contributed by atoms with Crippen LogP contribution in [0.1, 0.15) is 30.9 Å². The summed E-state index contributed by atoms with van der Waals surface area (Å²) in [6, 6.07) is 5.48. The number of hydrogen-bond donors (Lipinski definition) is 2. The Labute approximate surface area is 170 Å². The van der Waals surface area contributed by atoms with E-state index in [0.29, 0.717) is 24.0 Å². The maximum absolute atomic E-state index is 6.00. The molecule has 142 valence electrons. The Morgan fingerprint density at radius 2 is 2.00 bits per heavy atom. The molecular weight excluding hydrogens is 447 g/mol. The van der Waals surface area contributed by atoms with Gasteiger partial charge in [0.25, 0.3) is 0 Å². The van der Waals surface area contributed by atoms with Crippen molar-refractivity contribution in [2.75, 3.05) is 19.5 Å². The number of anilines is 1. The quantitative estimate of drug-likeness (QED) is 0.394. The summed E-state index contributed by atoms with van der Waals surface area (Å²) < 4.78 is 12.7. The molecule has 0 atom stereocenters. The molecule has 1 aromatic carbocycles. The molecule has 9 heteroatoms. The Kier molecular flexibility index (Phi) is 7.49. The molecule has 8 nitrogen and oxygen atoms in total. The van der Waals surface area contributed by atoms with Crippen LogP contribution >= 0.6 is 24.0 Å². The van der Waals surface area contributed by atoms with Gasteiger partial charge in [-0.1, -0.05) is 6.42 Å². The molecule has 2 heterocycles. The van der Waals surface area contributed by atoms with Crippen molar-refractivity contribution in [3.8, 4) is 11.5 Å². The molecule has 3 N–H and O–H groups in total. The number of nitrogens with one attached hydrogen (secondary N) is 1. The normalized spacial score (nSPS) is 14.0. The highest BCUT2D eigenvalue weighted by Gasteiger charge is 2.14. The SMILES string of the molecule is COc1ccc(NC(N)=NCc2nnc3n2CCCCC3)cc1OC.I. The summed E-state index contributed by atoms with van der Waals surface area (Å²) in [5.74, 6) is 3.51. The van der Waals surface area contributed by atoms with Gasteiger partial charge in [0.1, 0.15) is 12.4 Å². The Morgan fingerprint density at radius 1 is 1.19 bits per heavy atom. The van der Waals surface area contributed by atoms with E-state index in [1.807, 2.05) is 18.2 Å². The second kappa shape index (κ2) is 9.60. The molecule has 0 unspecified atom stereocenters. The molecule has 2 aromatic rings. The van der Waals surface area contributed by atoms with Gasteiger partial charge in [-0.2, -0.15) is 0 Å². The number of fused-ring (bicyclic) bond motifs is 1. The fourth-order valence-corrected chi connectivity index (χ4v) is 2.92. The Balaban J connectivity index is 0.00000243. The predicted molar refractivity (Wildman–Crippen MR) is 111 cm³/mol. The first-order valence-electron chi connectivity index (χ1n) is 8.41. The van der Waals surface area contributed by atoms with Gasteiger partial charge in [-0.05, 0) is 25.0 Å². The molecule has 1 aromatic heterocycles. The minimum Gasteiger partial charge on any atom is -0.493 e. The second-order valence-electron chi connectivity index (χ2n) is 5.89. The van der Waals surface area contributed by atoms with Gasteiger partial charge in [0.15, 0.2) is 23.3 Å². The van der Waals surface area contributed by atoms with E-state index in [1.54, 1.807) is 14.2 Å². The van der Waals surface area contributed by atoms with Crippen molar-refractivity contribution < 1.29 is 9.47 Å². The molecule has 1 aliphatic rings. The van der Waals surface area contributed by atoms with E-state index >= 15 is 0 Å². The molecule has 0 saturated heterocycles. The lowest BCUT2D eigenvalue weighted by atomic mass is 10.2. The Bertz CT molecular complexity index is 762. The van der Waals surface area contributed by atoms with E-state index in [9.17, 15) is 0 Å². The third-order valence-electron chi connectivity index (χ3n) is 4.23. The summed E-state index contributed by atoms with van der Waals surface area (Å²) in [5, 5.41) is 11.6. The van der Waals surface area contributed by atoms with Crippen LogP contribution < -0.4 is 20.5 Å². The zero-order valence-electron chi connectivity index (χ0n) is 15.1. The van der Waals surface area contributed by atoms with Crippen molar-refractivity contribution in [1.82, 2.24) is 14.8 Å². The van der Waals surface area contributed by atoms with E-state index in [-0.39, 0.29) is 24.0 Å². The third-order valence-corrected chi connectivity index (χ3v) is 4.23. The molecule has 3 rings (SSSR count). The van der Waals surface area contributed by atoms with Crippen LogP contribution in [0.2, 0.25) is 0 Å². The van der Waals surface area contributed by atoms with E-state index in [2.05, 4.69) is 25.1 Å². The van der Waals surface area contributed by atoms with Gasteiger partial charge in [-0.15, -0.1) is 34.2 Å². The largest absolute Gasteiger partial charge is 0.493 e. The maximum Gasteiger partial charge on any atom is 0.193 e. The van der Waals surface area contributed by atoms with Gasteiger partial charge in [-0.25, -0.2) is 4.99 Å². The van der Waals surface area contributed by atoms with E-state index in [1.165, 1.54) is 12.8 Å². The number of nitrogens with two attached hydrogens (primary N) is 1. The van der Waals surface area contributed by atoms with Gasteiger partial charge < -0.3 is 25.1 Å². The molecule has 0 fully saturated rings. The number of guanidine groups is 1. The Morgan fingerprint density at radius 3 is 2.77 bits per heavy atom. The van der Waals surface area contributed by atoms with E-state index in [0.717, 1.165) is 36.7 Å². The number of halogens is 1. The molecule has 1 aliphatic heterocycles. The first-order valence-corrected chi connectivity index (χ1v) is 8.41. The summed E-state index contributed by atoms with van der Waals surface area (Å²) in [6.45, 7) is 1.36. The topological polar surface area (TPSA) is 99.6 Å². The van der Waals surface area contributed by atoms with Crippen LogP contribution in [0.5, 0.6) is 11.5 Å². The number of aliphatic imine (C=N–C) groups is 1. The summed E-state index contributed by atoms with van der Waals surface area (Å²) in [7, 11) is 3.19. The average Bonchev–Trinajstić information content (AvgIpc) is 2.86. The number of methoxy groups -OCH3 is 2. The highest BCUT2D eigenvalue weighted by atomic mass is 127. The molecule has 0 saturated carbocycles. The van der Waals surface area contributed by atoms with Crippen LogP contribution in [0.3, 0.4) is 0 Å². The second-order valence-corrected chi connectivity index (χ2v) is 5.89. The number of ether oxygens (including phenoxy) is 2. The van der Waals surface area contributed by atoms with E-state index in [4.69, 9.17) is 15.2 Å². The van der Waals surface area contributed by atoms with Crippen LogP contribution in [0.15, 0.2) is 23.2 Å².